The van der Waals surface area contributed by atoms with E-state index in [2.05, 4.69) is 24.9 Å². The van der Waals surface area contributed by atoms with E-state index in [4.69, 9.17) is 4.74 Å². The Morgan fingerprint density at radius 1 is 1.14 bits per heavy atom. The molecule has 0 aliphatic heterocycles. The van der Waals surface area contributed by atoms with Gasteiger partial charge in [0, 0.05) is 22.7 Å². The molecule has 2 N–H and O–H groups in total. The van der Waals surface area contributed by atoms with Gasteiger partial charge in [0.25, 0.3) is 0 Å². The third kappa shape index (κ3) is 3.41. The van der Waals surface area contributed by atoms with Crippen LogP contribution in [0.4, 0.5) is 0 Å². The Kier molecular flexibility index (Phi) is 4.92. The maximum absolute atomic E-state index is 11.6. The molecule has 1 aromatic carbocycles. The van der Waals surface area contributed by atoms with E-state index < -0.39 is 12.1 Å². The lowest BCUT2D eigenvalue weighted by Crippen LogP contribution is -2.14. The van der Waals surface area contributed by atoms with Gasteiger partial charge in [-0.2, -0.15) is 5.10 Å². The van der Waals surface area contributed by atoms with Crippen LogP contribution >= 0.6 is 0 Å². The molecule has 8 heteroatoms. The summed E-state index contributed by atoms with van der Waals surface area (Å²) in [4.78, 5) is 20.4. The van der Waals surface area contributed by atoms with Gasteiger partial charge in [-0.05, 0) is 30.3 Å². The summed E-state index contributed by atoms with van der Waals surface area (Å²) in [5.74, 6) is -0.0544. The predicted octanol–water partition coefficient (Wildman–Crippen LogP) is 2.90. The number of hydrogen-bond donors (Lipinski definition) is 2. The third-order valence-electron chi connectivity index (χ3n) is 4.56. The summed E-state index contributed by atoms with van der Waals surface area (Å²) in [6, 6.07) is 14.6. The number of esters is 1. The average Bonchev–Trinajstić information content (AvgIpc) is 3.21. The maximum atomic E-state index is 11.6. The topological polar surface area (TPSA) is 110 Å². The number of aromatic amines is 1. The van der Waals surface area contributed by atoms with E-state index in [1.165, 1.54) is 7.11 Å². The molecule has 0 saturated carbocycles. The highest BCUT2D eigenvalue weighted by molar-refractivity contribution is 5.94. The zero-order chi connectivity index (χ0) is 20.4. The smallest absolute Gasteiger partial charge is 0.341 e. The number of rotatable bonds is 5. The second kappa shape index (κ2) is 7.69. The van der Waals surface area contributed by atoms with E-state index in [9.17, 15) is 9.90 Å². The third-order valence-corrected chi connectivity index (χ3v) is 4.56. The minimum absolute atomic E-state index is 0.201. The van der Waals surface area contributed by atoms with Gasteiger partial charge in [0.15, 0.2) is 11.8 Å². The number of aromatic nitrogens is 4. The van der Waals surface area contributed by atoms with Gasteiger partial charge in [0.1, 0.15) is 5.75 Å². The first-order valence-electron chi connectivity index (χ1n) is 8.83. The van der Waals surface area contributed by atoms with Gasteiger partial charge in [-0.15, -0.1) is 0 Å². The van der Waals surface area contributed by atoms with Gasteiger partial charge in [-0.25, -0.2) is 14.8 Å². The zero-order valence-electron chi connectivity index (χ0n) is 15.8. The molecule has 3 aromatic heterocycles. The van der Waals surface area contributed by atoms with Crippen molar-refractivity contribution < 1.29 is 19.4 Å². The van der Waals surface area contributed by atoms with Crippen LogP contribution in [0, 0.1) is 0 Å². The minimum atomic E-state index is -1.45. The summed E-state index contributed by atoms with van der Waals surface area (Å²) in [7, 11) is 2.83. The van der Waals surface area contributed by atoms with Crippen molar-refractivity contribution >= 4 is 17.0 Å². The van der Waals surface area contributed by atoms with Crippen molar-refractivity contribution in [1.82, 2.24) is 20.2 Å². The highest BCUT2D eigenvalue weighted by Gasteiger charge is 2.20. The predicted molar refractivity (Wildman–Crippen MR) is 106 cm³/mol. The number of nitrogens with zero attached hydrogens (tertiary/aromatic N) is 3. The number of nitrogens with one attached hydrogen (secondary N) is 1. The van der Waals surface area contributed by atoms with Crippen LogP contribution in [0.25, 0.3) is 33.5 Å². The molecule has 1 unspecified atom stereocenters. The average molecular weight is 390 g/mol. The number of carbonyl (C=O) groups excluding carboxylic acids is 1. The molecule has 8 nitrogen and oxygen atoms in total. The second-order valence-electron chi connectivity index (χ2n) is 6.27. The molecule has 0 aliphatic rings. The molecule has 146 valence electrons. The van der Waals surface area contributed by atoms with Crippen molar-refractivity contribution in [2.24, 2.45) is 0 Å². The van der Waals surface area contributed by atoms with Crippen LogP contribution in [-0.2, 0) is 9.53 Å². The van der Waals surface area contributed by atoms with Crippen molar-refractivity contribution in [3.05, 3.63) is 60.4 Å². The summed E-state index contributed by atoms with van der Waals surface area (Å²) in [5, 5.41) is 18.2. The minimum Gasteiger partial charge on any atom is -0.496 e. The Morgan fingerprint density at radius 2 is 1.97 bits per heavy atom. The molecular formula is C21H18N4O4. The van der Waals surface area contributed by atoms with Crippen molar-refractivity contribution in [2.75, 3.05) is 14.2 Å². The number of ether oxygens (including phenoxy) is 2. The Bertz CT molecular complexity index is 1190. The van der Waals surface area contributed by atoms with Gasteiger partial charge >= 0.3 is 5.97 Å². The summed E-state index contributed by atoms with van der Waals surface area (Å²) >= 11 is 0. The van der Waals surface area contributed by atoms with Crippen LogP contribution in [0.3, 0.4) is 0 Å². The molecule has 4 aromatic rings. The summed E-state index contributed by atoms with van der Waals surface area (Å²) in [5.41, 5.74) is 3.67. The molecule has 29 heavy (non-hydrogen) atoms. The standard InChI is InChI=1S/C21H18N4O4/c1-28-17-9-4-3-6-13(17)18-14-10-12(11-22-20(14)25-24-18)15-7-5-8-16(23-15)19(26)21(27)29-2/h3-11,19,26H,1-2H3,(H,22,24,25). The van der Waals surface area contributed by atoms with Gasteiger partial charge in [-0.1, -0.05) is 18.2 Å². The summed E-state index contributed by atoms with van der Waals surface area (Å²) in [6.07, 6.45) is 0.195. The molecule has 0 fully saturated rings. The van der Waals surface area contributed by atoms with Gasteiger partial charge in [0.2, 0.25) is 0 Å². The fourth-order valence-electron chi connectivity index (χ4n) is 3.09. The Balaban J connectivity index is 1.80. The Hall–Kier alpha value is -3.78. The van der Waals surface area contributed by atoms with E-state index in [1.54, 1.807) is 31.5 Å². The number of H-pyrrole nitrogens is 1. The van der Waals surface area contributed by atoms with Crippen molar-refractivity contribution in [3.63, 3.8) is 0 Å². The highest BCUT2D eigenvalue weighted by Crippen LogP contribution is 2.34. The van der Waals surface area contributed by atoms with Crippen molar-refractivity contribution in [1.29, 1.82) is 0 Å². The number of aliphatic hydroxyl groups excluding tert-OH is 1. The van der Waals surface area contributed by atoms with Gasteiger partial charge in [0.05, 0.1) is 31.3 Å². The SMILES string of the molecule is COC(=O)C(O)c1cccc(-c2cnc3n[nH]c(-c4ccccc4OC)c3c2)n1. The molecule has 0 bridgehead atoms. The van der Waals surface area contributed by atoms with Crippen LogP contribution < -0.4 is 4.74 Å². The number of carbonyl (C=O) groups is 1. The van der Waals surface area contributed by atoms with Crippen LogP contribution in [-0.4, -0.2) is 45.5 Å². The molecule has 1 atom stereocenters. The number of benzene rings is 1. The first-order chi connectivity index (χ1) is 14.1. The number of aliphatic hydroxyl groups is 1. The molecule has 3 heterocycles. The van der Waals surface area contributed by atoms with Crippen LogP contribution in [0.1, 0.15) is 11.8 Å². The maximum Gasteiger partial charge on any atom is 0.341 e. The second-order valence-corrected chi connectivity index (χ2v) is 6.27. The number of fused-ring (bicyclic) bond motifs is 1. The molecule has 0 saturated heterocycles. The first kappa shape index (κ1) is 18.6. The number of para-hydroxylation sites is 1. The van der Waals surface area contributed by atoms with E-state index in [0.29, 0.717) is 22.7 Å². The highest BCUT2D eigenvalue weighted by atomic mass is 16.5. The summed E-state index contributed by atoms with van der Waals surface area (Å²) < 4.78 is 10.0. The molecule has 0 aliphatic carbocycles. The Morgan fingerprint density at radius 3 is 2.76 bits per heavy atom. The first-order valence-corrected chi connectivity index (χ1v) is 8.83. The van der Waals surface area contributed by atoms with Crippen molar-refractivity contribution in [2.45, 2.75) is 6.10 Å². The quantitative estimate of drug-likeness (QED) is 0.504. The molecule has 0 spiro atoms. The lowest BCUT2D eigenvalue weighted by molar-refractivity contribution is -0.150. The van der Waals surface area contributed by atoms with Crippen LogP contribution in [0.5, 0.6) is 5.75 Å². The van der Waals surface area contributed by atoms with Gasteiger partial charge < -0.3 is 14.6 Å². The number of pyridine rings is 2. The lowest BCUT2D eigenvalue weighted by Gasteiger charge is -2.10. The Labute approximate surface area is 166 Å². The van der Waals surface area contributed by atoms with Gasteiger partial charge in [-0.3, -0.25) is 5.10 Å². The zero-order valence-corrected chi connectivity index (χ0v) is 15.8. The lowest BCUT2D eigenvalue weighted by atomic mass is 10.1. The fraction of sp³-hybridized carbons (Fsp3) is 0.143. The van der Waals surface area contributed by atoms with Crippen LogP contribution in [0.2, 0.25) is 0 Å². The van der Waals surface area contributed by atoms with Crippen molar-refractivity contribution in [3.8, 4) is 28.3 Å². The molecule has 0 amide bonds. The number of hydrogen-bond acceptors (Lipinski definition) is 7. The van der Waals surface area contributed by atoms with E-state index in [0.717, 1.165) is 16.6 Å². The molecule has 4 rings (SSSR count). The van der Waals surface area contributed by atoms with Crippen LogP contribution in [0.15, 0.2) is 54.7 Å². The summed E-state index contributed by atoms with van der Waals surface area (Å²) in [6.45, 7) is 0. The van der Waals surface area contributed by atoms with E-state index in [-0.39, 0.29) is 5.69 Å². The van der Waals surface area contributed by atoms with E-state index >= 15 is 0 Å². The molecule has 0 radical (unpaired) electrons. The van der Waals surface area contributed by atoms with E-state index in [1.807, 2.05) is 30.3 Å². The monoisotopic (exact) mass is 390 g/mol. The molecular weight excluding hydrogens is 372 g/mol. The largest absolute Gasteiger partial charge is 0.496 e. The fourth-order valence-corrected chi connectivity index (χ4v) is 3.09. The number of methoxy groups -OCH3 is 2. The normalized spacial score (nSPS) is 12.0.